The van der Waals surface area contributed by atoms with E-state index in [0.717, 1.165) is 43.4 Å². The Hall–Kier alpha value is -2.88. The van der Waals surface area contributed by atoms with Gasteiger partial charge in [0.15, 0.2) is 0 Å². The largest absolute Gasteiger partial charge is 0.219 e. The molecule has 0 saturated heterocycles. The fraction of sp³-hybridized carbons (Fsp3) is 0.182. The molecule has 5 aromatic rings. The van der Waals surface area contributed by atoms with Crippen LogP contribution in [-0.2, 0) is 0 Å². The van der Waals surface area contributed by atoms with Gasteiger partial charge in [0, 0.05) is 32.7 Å². The first-order valence-electron chi connectivity index (χ1n) is 8.59. The van der Waals surface area contributed by atoms with Crippen LogP contribution in [0.4, 0.5) is 8.78 Å². The quantitative estimate of drug-likeness (QED) is 0.194. The van der Waals surface area contributed by atoms with Crippen molar-refractivity contribution in [2.75, 3.05) is 0 Å². The van der Waals surface area contributed by atoms with Crippen LogP contribution in [0.1, 0.15) is 22.3 Å². The minimum absolute atomic E-state index is 0.461. The zero-order valence-corrected chi connectivity index (χ0v) is 15.0. The molecule has 2 aromatic heterocycles. The lowest BCUT2D eigenvalue weighted by molar-refractivity contribution is 0.581. The molecule has 0 spiro atoms. The average molecular weight is 346 g/mol. The van der Waals surface area contributed by atoms with Gasteiger partial charge in [0.05, 0.1) is 11.0 Å². The highest BCUT2D eigenvalue weighted by Gasteiger charge is 2.21. The fourth-order valence-corrected chi connectivity index (χ4v) is 4.34. The molecule has 0 unspecified atom stereocenters. The van der Waals surface area contributed by atoms with Gasteiger partial charge in [-0.2, -0.15) is 8.78 Å². The predicted molar refractivity (Wildman–Crippen MR) is 102 cm³/mol. The first-order valence-corrected chi connectivity index (χ1v) is 8.59. The standard InChI is InChI=1S/C22H16F2N2/c1-9-5-7-13-17-15(9)11(3)21(23)25-19(17)14-8-6-10(2)16-12(4)22(24)26-20(13)18(14)16/h5-8H,1-4H3. The summed E-state index contributed by atoms with van der Waals surface area (Å²) in [4.78, 5) is 8.58. The van der Waals surface area contributed by atoms with Gasteiger partial charge in [-0.05, 0) is 49.6 Å². The van der Waals surface area contributed by atoms with Crippen molar-refractivity contribution in [3.8, 4) is 0 Å². The Morgan fingerprint density at radius 1 is 0.577 bits per heavy atom. The van der Waals surface area contributed by atoms with E-state index in [2.05, 4.69) is 9.97 Å². The van der Waals surface area contributed by atoms with Gasteiger partial charge in [-0.3, -0.25) is 0 Å². The second-order valence-electron chi connectivity index (χ2n) is 7.11. The third kappa shape index (κ3) is 1.69. The molecule has 4 heteroatoms. The van der Waals surface area contributed by atoms with Gasteiger partial charge < -0.3 is 0 Å². The van der Waals surface area contributed by atoms with Gasteiger partial charge in [-0.25, -0.2) is 9.97 Å². The Bertz CT molecular complexity index is 1280. The van der Waals surface area contributed by atoms with Gasteiger partial charge in [0.25, 0.3) is 0 Å². The van der Waals surface area contributed by atoms with Gasteiger partial charge in [-0.1, -0.05) is 24.3 Å². The van der Waals surface area contributed by atoms with Crippen LogP contribution < -0.4 is 0 Å². The zero-order chi connectivity index (χ0) is 18.3. The molecule has 0 saturated carbocycles. The molecule has 26 heavy (non-hydrogen) atoms. The Labute approximate surface area is 148 Å². The summed E-state index contributed by atoms with van der Waals surface area (Å²) in [5.74, 6) is -0.923. The monoisotopic (exact) mass is 346 g/mol. The van der Waals surface area contributed by atoms with Crippen LogP contribution >= 0.6 is 0 Å². The molecule has 0 aliphatic heterocycles. The van der Waals surface area contributed by atoms with Gasteiger partial charge >= 0.3 is 0 Å². The number of nitrogens with zero attached hydrogens (tertiary/aromatic N) is 2. The van der Waals surface area contributed by atoms with Crippen molar-refractivity contribution in [1.29, 1.82) is 0 Å². The van der Waals surface area contributed by atoms with Crippen molar-refractivity contribution in [2.24, 2.45) is 0 Å². The maximum atomic E-state index is 14.6. The second-order valence-corrected chi connectivity index (χ2v) is 7.11. The third-order valence-electron chi connectivity index (χ3n) is 5.60. The Kier molecular flexibility index (Phi) is 2.87. The van der Waals surface area contributed by atoms with Crippen LogP contribution in [0.2, 0.25) is 0 Å². The van der Waals surface area contributed by atoms with Crippen molar-refractivity contribution < 1.29 is 8.78 Å². The van der Waals surface area contributed by atoms with Crippen molar-refractivity contribution in [3.05, 3.63) is 58.4 Å². The summed E-state index contributed by atoms with van der Waals surface area (Å²) in [5.41, 5.74) is 4.22. The molecule has 128 valence electrons. The topological polar surface area (TPSA) is 25.8 Å². The predicted octanol–water partition coefficient (Wildman–Crippen LogP) is 6.04. The number of aromatic nitrogens is 2. The van der Waals surface area contributed by atoms with Gasteiger partial charge in [0.2, 0.25) is 11.9 Å². The molecular weight excluding hydrogens is 330 g/mol. The molecule has 0 N–H and O–H groups in total. The Morgan fingerprint density at radius 3 is 1.35 bits per heavy atom. The Morgan fingerprint density at radius 2 is 0.962 bits per heavy atom. The van der Waals surface area contributed by atoms with Crippen molar-refractivity contribution >= 4 is 43.4 Å². The summed E-state index contributed by atoms with van der Waals surface area (Å²) >= 11 is 0. The number of rotatable bonds is 0. The summed E-state index contributed by atoms with van der Waals surface area (Å²) in [6.45, 7) is 7.39. The van der Waals surface area contributed by atoms with E-state index in [1.54, 1.807) is 13.8 Å². The van der Waals surface area contributed by atoms with E-state index < -0.39 is 11.9 Å². The van der Waals surface area contributed by atoms with Crippen LogP contribution in [0.25, 0.3) is 43.4 Å². The molecule has 2 heterocycles. The van der Waals surface area contributed by atoms with E-state index in [-0.39, 0.29) is 0 Å². The maximum Gasteiger partial charge on any atom is 0.216 e. The van der Waals surface area contributed by atoms with E-state index in [4.69, 9.17) is 0 Å². The highest BCUT2D eigenvalue weighted by molar-refractivity contribution is 6.32. The Balaban J connectivity index is 2.28. The highest BCUT2D eigenvalue weighted by Crippen LogP contribution is 2.42. The van der Waals surface area contributed by atoms with Crippen LogP contribution in [-0.4, -0.2) is 9.97 Å². The van der Waals surface area contributed by atoms with Crippen LogP contribution in [0.3, 0.4) is 0 Å². The number of hydrogen-bond donors (Lipinski definition) is 0. The van der Waals surface area contributed by atoms with Gasteiger partial charge in [0.1, 0.15) is 0 Å². The third-order valence-corrected chi connectivity index (χ3v) is 5.60. The SMILES string of the molecule is Cc1ccc2c3nc(F)c(C)c4c(C)ccc(c5nc(F)c(C)c1c25)c43. The second kappa shape index (κ2) is 4.85. The highest BCUT2D eigenvalue weighted by atomic mass is 19.1. The lowest BCUT2D eigenvalue weighted by Gasteiger charge is -2.18. The molecule has 5 rings (SSSR count). The first-order chi connectivity index (χ1) is 12.4. The maximum absolute atomic E-state index is 14.6. The molecule has 0 aliphatic carbocycles. The number of pyridine rings is 2. The molecule has 0 atom stereocenters. The molecule has 0 amide bonds. The molecule has 0 fully saturated rings. The lowest BCUT2D eigenvalue weighted by Crippen LogP contribution is -2.01. The van der Waals surface area contributed by atoms with Gasteiger partial charge in [-0.15, -0.1) is 0 Å². The van der Waals surface area contributed by atoms with Crippen molar-refractivity contribution in [3.63, 3.8) is 0 Å². The minimum Gasteiger partial charge on any atom is -0.219 e. The summed E-state index contributed by atoms with van der Waals surface area (Å²) in [7, 11) is 0. The molecule has 0 bridgehead atoms. The smallest absolute Gasteiger partial charge is 0.216 e. The first kappa shape index (κ1) is 15.4. The number of halogens is 2. The number of benzene rings is 3. The number of aryl methyl sites for hydroxylation is 4. The van der Waals surface area contributed by atoms with Crippen LogP contribution in [0.5, 0.6) is 0 Å². The molecule has 3 aromatic carbocycles. The normalized spacial score (nSPS) is 12.2. The van der Waals surface area contributed by atoms with Crippen LogP contribution in [0, 0.1) is 39.6 Å². The van der Waals surface area contributed by atoms with E-state index in [0.29, 0.717) is 22.2 Å². The van der Waals surface area contributed by atoms with Crippen LogP contribution in [0.15, 0.2) is 24.3 Å². The summed E-state index contributed by atoms with van der Waals surface area (Å²) in [6, 6.07) is 7.78. The van der Waals surface area contributed by atoms with E-state index in [1.807, 2.05) is 38.1 Å². The van der Waals surface area contributed by atoms with E-state index in [9.17, 15) is 8.78 Å². The molecule has 0 radical (unpaired) electrons. The summed E-state index contributed by atoms with van der Waals surface area (Å²) in [6.07, 6.45) is 0. The van der Waals surface area contributed by atoms with Crippen molar-refractivity contribution in [1.82, 2.24) is 9.97 Å². The molecule has 0 aliphatic rings. The average Bonchev–Trinajstić information content (AvgIpc) is 2.61. The molecule has 2 nitrogen and oxygen atoms in total. The summed E-state index contributed by atoms with van der Waals surface area (Å²) < 4.78 is 29.3. The number of fused-ring (bicyclic) bond motifs is 2. The van der Waals surface area contributed by atoms with Crippen molar-refractivity contribution in [2.45, 2.75) is 27.7 Å². The number of hydrogen-bond acceptors (Lipinski definition) is 2. The minimum atomic E-state index is -0.461. The van der Waals surface area contributed by atoms with E-state index in [1.165, 1.54) is 0 Å². The molecular formula is C22H16F2N2. The zero-order valence-electron chi connectivity index (χ0n) is 15.0. The lowest BCUT2D eigenvalue weighted by atomic mass is 9.89. The fourth-order valence-electron chi connectivity index (χ4n) is 4.34. The van der Waals surface area contributed by atoms with E-state index >= 15 is 0 Å². The summed E-state index contributed by atoms with van der Waals surface area (Å²) in [5, 5.41) is 5.03.